The fraction of sp³-hybridized carbons (Fsp3) is 0.524. The molecule has 28 heavy (non-hydrogen) atoms. The zero-order chi connectivity index (χ0) is 19.8. The van der Waals surface area contributed by atoms with Gasteiger partial charge < -0.3 is 15.4 Å². The zero-order valence-corrected chi connectivity index (χ0v) is 17.9. The monoisotopic (exact) mass is 401 g/mol. The molecule has 3 rings (SSSR count). The van der Waals surface area contributed by atoms with Crippen molar-refractivity contribution in [2.45, 2.75) is 39.3 Å². The summed E-state index contributed by atoms with van der Waals surface area (Å²) < 4.78 is 5.44. The highest BCUT2D eigenvalue weighted by atomic mass is 32.1. The highest BCUT2D eigenvalue weighted by Gasteiger charge is 2.24. The Labute approximate surface area is 172 Å². The molecule has 0 bridgehead atoms. The Bertz CT molecular complexity index is 770. The number of nitrogens with zero attached hydrogens (tertiary/aromatic N) is 3. The van der Waals surface area contributed by atoms with E-state index in [2.05, 4.69) is 45.6 Å². The van der Waals surface area contributed by atoms with Gasteiger partial charge in [0, 0.05) is 24.2 Å². The van der Waals surface area contributed by atoms with Gasteiger partial charge in [0.05, 0.1) is 24.7 Å². The SMILES string of the molecule is CCNC(=NCc1cnc(C)s1)NCC(c1cccc(OC)c1)N1CCCC1. The number of thiazole rings is 1. The van der Waals surface area contributed by atoms with E-state index in [-0.39, 0.29) is 0 Å². The molecule has 0 spiro atoms. The van der Waals surface area contributed by atoms with Gasteiger partial charge in [0.2, 0.25) is 0 Å². The second-order valence-corrected chi connectivity index (χ2v) is 8.28. The van der Waals surface area contributed by atoms with Crippen LogP contribution < -0.4 is 15.4 Å². The quantitative estimate of drug-likeness (QED) is 0.525. The fourth-order valence-electron chi connectivity index (χ4n) is 3.53. The number of nitrogens with one attached hydrogen (secondary N) is 2. The molecule has 1 aliphatic rings. The molecule has 1 fully saturated rings. The first kappa shape index (κ1) is 20.6. The van der Waals surface area contributed by atoms with Crippen LogP contribution in [0.5, 0.6) is 5.75 Å². The number of rotatable bonds is 8. The van der Waals surface area contributed by atoms with Crippen molar-refractivity contribution in [1.29, 1.82) is 0 Å². The van der Waals surface area contributed by atoms with Crippen molar-refractivity contribution in [2.75, 3.05) is 33.3 Å². The molecule has 7 heteroatoms. The van der Waals surface area contributed by atoms with Crippen LogP contribution in [0.4, 0.5) is 0 Å². The van der Waals surface area contributed by atoms with Crippen molar-refractivity contribution in [2.24, 2.45) is 4.99 Å². The number of methoxy groups -OCH3 is 1. The van der Waals surface area contributed by atoms with E-state index in [1.807, 2.05) is 19.2 Å². The van der Waals surface area contributed by atoms with E-state index in [1.165, 1.54) is 23.3 Å². The molecule has 2 N–H and O–H groups in total. The van der Waals surface area contributed by atoms with Crippen LogP contribution in [0.15, 0.2) is 35.5 Å². The Hall–Kier alpha value is -2.12. The van der Waals surface area contributed by atoms with Crippen LogP contribution in [0.3, 0.4) is 0 Å². The van der Waals surface area contributed by atoms with Crippen LogP contribution in [-0.4, -0.2) is 49.1 Å². The average Bonchev–Trinajstić information content (AvgIpc) is 3.38. The number of likely N-dealkylation sites (tertiary alicyclic amines) is 1. The number of aromatic nitrogens is 1. The molecule has 1 saturated heterocycles. The van der Waals surface area contributed by atoms with Crippen molar-refractivity contribution in [3.63, 3.8) is 0 Å². The highest BCUT2D eigenvalue weighted by molar-refractivity contribution is 7.11. The highest BCUT2D eigenvalue weighted by Crippen LogP contribution is 2.27. The van der Waals surface area contributed by atoms with Crippen molar-refractivity contribution < 1.29 is 4.74 Å². The summed E-state index contributed by atoms with van der Waals surface area (Å²) in [6, 6.07) is 8.71. The fourth-order valence-corrected chi connectivity index (χ4v) is 4.25. The summed E-state index contributed by atoms with van der Waals surface area (Å²) >= 11 is 1.70. The molecule has 152 valence electrons. The average molecular weight is 402 g/mol. The second-order valence-electron chi connectivity index (χ2n) is 6.96. The Morgan fingerprint density at radius 2 is 2.14 bits per heavy atom. The second kappa shape index (κ2) is 10.4. The number of benzene rings is 1. The minimum atomic E-state index is 0.298. The molecular weight excluding hydrogens is 370 g/mol. The first-order chi connectivity index (χ1) is 13.7. The lowest BCUT2D eigenvalue weighted by atomic mass is 10.1. The maximum absolute atomic E-state index is 5.44. The largest absolute Gasteiger partial charge is 0.497 e. The Morgan fingerprint density at radius 3 is 2.82 bits per heavy atom. The maximum atomic E-state index is 5.44. The maximum Gasteiger partial charge on any atom is 0.191 e. The zero-order valence-electron chi connectivity index (χ0n) is 17.1. The van der Waals surface area contributed by atoms with Gasteiger partial charge in [-0.3, -0.25) is 4.90 Å². The predicted octanol–water partition coefficient (Wildman–Crippen LogP) is 3.35. The first-order valence-electron chi connectivity index (χ1n) is 10.0. The van der Waals surface area contributed by atoms with Crippen LogP contribution in [0.1, 0.15) is 41.3 Å². The van der Waals surface area contributed by atoms with Gasteiger partial charge in [-0.1, -0.05) is 12.1 Å². The summed E-state index contributed by atoms with van der Waals surface area (Å²) in [7, 11) is 1.72. The summed E-state index contributed by atoms with van der Waals surface area (Å²) in [6.07, 6.45) is 4.44. The van der Waals surface area contributed by atoms with E-state index < -0.39 is 0 Å². The molecule has 0 radical (unpaired) electrons. The summed E-state index contributed by atoms with van der Waals surface area (Å²) in [5.41, 5.74) is 1.28. The van der Waals surface area contributed by atoms with E-state index >= 15 is 0 Å². The van der Waals surface area contributed by atoms with Crippen molar-refractivity contribution in [1.82, 2.24) is 20.5 Å². The van der Waals surface area contributed by atoms with Crippen LogP contribution in [0.2, 0.25) is 0 Å². The topological polar surface area (TPSA) is 61.8 Å². The summed E-state index contributed by atoms with van der Waals surface area (Å²) in [5.74, 6) is 1.75. The number of aryl methyl sites for hydroxylation is 1. The predicted molar refractivity (Wildman–Crippen MR) is 116 cm³/mol. The smallest absolute Gasteiger partial charge is 0.191 e. The standard InChI is InChI=1S/C21H31N5OS/c1-4-22-21(24-14-19-13-23-16(2)28-19)25-15-20(26-10-5-6-11-26)17-8-7-9-18(12-17)27-3/h7-9,12-13,20H,4-6,10-11,14-15H2,1-3H3,(H2,22,24,25). The number of ether oxygens (including phenoxy) is 1. The Balaban J connectivity index is 1.70. The minimum Gasteiger partial charge on any atom is -0.497 e. The summed E-state index contributed by atoms with van der Waals surface area (Å²) in [4.78, 5) is 12.8. The van der Waals surface area contributed by atoms with Gasteiger partial charge in [0.25, 0.3) is 0 Å². The molecule has 1 aromatic heterocycles. The molecule has 0 aliphatic carbocycles. The third-order valence-corrected chi connectivity index (χ3v) is 5.83. The molecule has 1 atom stereocenters. The molecule has 1 unspecified atom stereocenters. The molecule has 1 aromatic carbocycles. The van der Waals surface area contributed by atoms with E-state index in [9.17, 15) is 0 Å². The third-order valence-electron chi connectivity index (χ3n) is 4.93. The molecular formula is C21H31N5OS. The van der Waals surface area contributed by atoms with Crippen molar-refractivity contribution >= 4 is 17.3 Å². The Morgan fingerprint density at radius 1 is 1.32 bits per heavy atom. The van der Waals surface area contributed by atoms with Gasteiger partial charge in [0.15, 0.2) is 5.96 Å². The normalized spacial score (nSPS) is 16.2. The first-order valence-corrected chi connectivity index (χ1v) is 10.8. The minimum absolute atomic E-state index is 0.298. The molecule has 6 nitrogen and oxygen atoms in total. The van der Waals surface area contributed by atoms with Crippen molar-refractivity contribution in [3.05, 3.63) is 45.9 Å². The van der Waals surface area contributed by atoms with Crippen LogP contribution >= 0.6 is 11.3 Å². The van der Waals surface area contributed by atoms with Gasteiger partial charge in [-0.25, -0.2) is 9.98 Å². The summed E-state index contributed by atoms with van der Waals surface area (Å²) in [6.45, 7) is 8.68. The van der Waals surface area contributed by atoms with E-state index in [0.29, 0.717) is 12.6 Å². The van der Waals surface area contributed by atoms with E-state index in [0.717, 1.165) is 42.9 Å². The van der Waals surface area contributed by atoms with Gasteiger partial charge in [-0.05, 0) is 57.5 Å². The number of hydrogen-bond acceptors (Lipinski definition) is 5. The van der Waals surface area contributed by atoms with Crippen LogP contribution in [-0.2, 0) is 6.54 Å². The lowest BCUT2D eigenvalue weighted by Gasteiger charge is -2.29. The van der Waals surface area contributed by atoms with Crippen LogP contribution in [0, 0.1) is 6.92 Å². The Kier molecular flexibility index (Phi) is 7.68. The molecule has 2 aromatic rings. The molecule has 1 aliphatic heterocycles. The summed E-state index contributed by atoms with van der Waals surface area (Å²) in [5, 5.41) is 7.99. The van der Waals surface area contributed by atoms with Gasteiger partial charge >= 0.3 is 0 Å². The number of guanidine groups is 1. The third kappa shape index (κ3) is 5.69. The van der Waals surface area contributed by atoms with Gasteiger partial charge in [0.1, 0.15) is 5.75 Å². The lowest BCUT2D eigenvalue weighted by Crippen LogP contribution is -2.42. The number of hydrogen-bond donors (Lipinski definition) is 2. The van der Waals surface area contributed by atoms with E-state index in [1.54, 1.807) is 18.4 Å². The lowest BCUT2D eigenvalue weighted by molar-refractivity contribution is 0.245. The molecule has 2 heterocycles. The van der Waals surface area contributed by atoms with Crippen LogP contribution in [0.25, 0.3) is 0 Å². The number of aliphatic imine (C=N–C) groups is 1. The van der Waals surface area contributed by atoms with Gasteiger partial charge in [-0.15, -0.1) is 11.3 Å². The van der Waals surface area contributed by atoms with Crippen molar-refractivity contribution in [3.8, 4) is 5.75 Å². The molecule has 0 amide bonds. The molecule has 0 saturated carbocycles. The van der Waals surface area contributed by atoms with E-state index in [4.69, 9.17) is 9.73 Å². The van der Waals surface area contributed by atoms with Gasteiger partial charge in [-0.2, -0.15) is 0 Å².